The minimum Gasteiger partial charge on any atom is -0.492 e. The molecule has 2 rings (SSSR count). The summed E-state index contributed by atoms with van der Waals surface area (Å²) in [5.74, 6) is 0.731. The summed E-state index contributed by atoms with van der Waals surface area (Å²) in [7, 11) is 0. The highest BCUT2D eigenvalue weighted by atomic mass is 35.5. The van der Waals surface area contributed by atoms with Crippen molar-refractivity contribution in [1.29, 1.82) is 0 Å². The SMILES string of the molecule is NC(COc1cccc(Cl)c1)Cc1cccc(Cl)c1. The van der Waals surface area contributed by atoms with E-state index in [1.807, 2.05) is 36.4 Å². The van der Waals surface area contributed by atoms with Gasteiger partial charge in [0.25, 0.3) is 0 Å². The summed E-state index contributed by atoms with van der Waals surface area (Å²) in [4.78, 5) is 0. The fraction of sp³-hybridized carbons (Fsp3) is 0.200. The average Bonchev–Trinajstić information content (AvgIpc) is 2.36. The Morgan fingerprint density at radius 3 is 2.37 bits per heavy atom. The van der Waals surface area contributed by atoms with E-state index in [4.69, 9.17) is 33.7 Å². The Morgan fingerprint density at radius 2 is 1.68 bits per heavy atom. The third-order valence-electron chi connectivity index (χ3n) is 2.65. The molecule has 1 unspecified atom stereocenters. The average molecular weight is 296 g/mol. The summed E-state index contributed by atoms with van der Waals surface area (Å²) in [5, 5.41) is 1.38. The van der Waals surface area contributed by atoms with Crippen LogP contribution in [0.2, 0.25) is 10.0 Å². The fourth-order valence-corrected chi connectivity index (χ4v) is 2.18. The molecule has 0 aliphatic carbocycles. The predicted molar refractivity (Wildman–Crippen MR) is 80.1 cm³/mol. The quantitative estimate of drug-likeness (QED) is 0.907. The van der Waals surface area contributed by atoms with Crippen molar-refractivity contribution in [2.24, 2.45) is 5.73 Å². The molecule has 0 saturated carbocycles. The van der Waals surface area contributed by atoms with Gasteiger partial charge in [-0.15, -0.1) is 0 Å². The number of hydrogen-bond donors (Lipinski definition) is 1. The molecule has 2 nitrogen and oxygen atoms in total. The van der Waals surface area contributed by atoms with Gasteiger partial charge in [-0.1, -0.05) is 41.4 Å². The number of benzene rings is 2. The van der Waals surface area contributed by atoms with E-state index in [9.17, 15) is 0 Å². The van der Waals surface area contributed by atoms with Crippen molar-refractivity contribution in [2.75, 3.05) is 6.61 Å². The molecule has 2 aromatic carbocycles. The van der Waals surface area contributed by atoms with Crippen LogP contribution < -0.4 is 10.5 Å². The largest absolute Gasteiger partial charge is 0.492 e. The first-order valence-electron chi connectivity index (χ1n) is 6.02. The number of ether oxygens (including phenoxy) is 1. The standard InChI is InChI=1S/C15H15Cl2NO/c16-12-4-1-3-11(7-12)8-14(18)10-19-15-6-2-5-13(17)9-15/h1-7,9,14H,8,10,18H2. The summed E-state index contributed by atoms with van der Waals surface area (Å²) < 4.78 is 5.61. The Balaban J connectivity index is 1.86. The molecule has 2 aromatic rings. The Morgan fingerprint density at radius 1 is 1.00 bits per heavy atom. The zero-order valence-electron chi connectivity index (χ0n) is 10.4. The first-order chi connectivity index (χ1) is 9.13. The highest BCUT2D eigenvalue weighted by Crippen LogP contribution is 2.17. The van der Waals surface area contributed by atoms with Crippen LogP contribution in [0.1, 0.15) is 5.56 Å². The fourth-order valence-electron chi connectivity index (χ4n) is 1.79. The van der Waals surface area contributed by atoms with Crippen molar-refractivity contribution in [1.82, 2.24) is 0 Å². The van der Waals surface area contributed by atoms with Crippen LogP contribution in [0.25, 0.3) is 0 Å². The second kappa shape index (κ2) is 6.80. The smallest absolute Gasteiger partial charge is 0.120 e. The lowest BCUT2D eigenvalue weighted by atomic mass is 10.1. The van der Waals surface area contributed by atoms with Crippen molar-refractivity contribution in [3.63, 3.8) is 0 Å². The van der Waals surface area contributed by atoms with Crippen molar-refractivity contribution in [3.8, 4) is 5.75 Å². The summed E-state index contributed by atoms with van der Waals surface area (Å²) in [6.07, 6.45) is 0.723. The van der Waals surface area contributed by atoms with Crippen molar-refractivity contribution < 1.29 is 4.74 Å². The van der Waals surface area contributed by atoms with E-state index in [2.05, 4.69) is 0 Å². The molecular formula is C15H15Cl2NO. The minimum absolute atomic E-state index is 0.0857. The number of hydrogen-bond acceptors (Lipinski definition) is 2. The van der Waals surface area contributed by atoms with Gasteiger partial charge in [-0.25, -0.2) is 0 Å². The van der Waals surface area contributed by atoms with Crippen LogP contribution in [0.4, 0.5) is 0 Å². The maximum absolute atomic E-state index is 6.04. The summed E-state index contributed by atoms with van der Waals surface area (Å²) >= 11 is 11.8. The molecule has 4 heteroatoms. The molecule has 19 heavy (non-hydrogen) atoms. The molecule has 0 amide bonds. The van der Waals surface area contributed by atoms with Gasteiger partial charge in [-0.3, -0.25) is 0 Å². The van der Waals surface area contributed by atoms with Crippen LogP contribution in [0.5, 0.6) is 5.75 Å². The van der Waals surface area contributed by atoms with Crippen LogP contribution in [0.3, 0.4) is 0 Å². The lowest BCUT2D eigenvalue weighted by Crippen LogP contribution is -2.30. The molecule has 0 radical (unpaired) electrons. The molecule has 2 N–H and O–H groups in total. The third kappa shape index (κ3) is 4.75. The maximum Gasteiger partial charge on any atom is 0.120 e. The van der Waals surface area contributed by atoms with Crippen LogP contribution in [0.15, 0.2) is 48.5 Å². The minimum atomic E-state index is -0.0857. The van der Waals surface area contributed by atoms with E-state index in [1.54, 1.807) is 12.1 Å². The number of nitrogens with two attached hydrogens (primary N) is 1. The van der Waals surface area contributed by atoms with E-state index < -0.39 is 0 Å². The normalized spacial score (nSPS) is 12.2. The van der Waals surface area contributed by atoms with Gasteiger partial charge in [-0.2, -0.15) is 0 Å². The Kier molecular flexibility index (Phi) is 5.08. The molecule has 0 aromatic heterocycles. The van der Waals surface area contributed by atoms with Crippen LogP contribution >= 0.6 is 23.2 Å². The molecule has 0 aliphatic rings. The van der Waals surface area contributed by atoms with Gasteiger partial charge in [0, 0.05) is 16.1 Å². The Labute approximate surface area is 123 Å². The van der Waals surface area contributed by atoms with Gasteiger partial charge in [0.1, 0.15) is 12.4 Å². The highest BCUT2D eigenvalue weighted by Gasteiger charge is 2.06. The summed E-state index contributed by atoms with van der Waals surface area (Å²) in [5.41, 5.74) is 7.15. The molecule has 0 spiro atoms. The molecule has 0 fully saturated rings. The monoisotopic (exact) mass is 295 g/mol. The maximum atomic E-state index is 6.04. The Hall–Kier alpha value is -1.22. The van der Waals surface area contributed by atoms with E-state index in [0.29, 0.717) is 11.6 Å². The first kappa shape index (κ1) is 14.2. The van der Waals surface area contributed by atoms with Gasteiger partial charge in [0.2, 0.25) is 0 Å². The molecule has 100 valence electrons. The predicted octanol–water partition coefficient (Wildman–Crippen LogP) is 3.94. The van der Waals surface area contributed by atoms with E-state index in [0.717, 1.165) is 22.8 Å². The Bertz CT molecular complexity index is 545. The molecule has 0 saturated heterocycles. The first-order valence-corrected chi connectivity index (χ1v) is 6.77. The molecule has 0 bridgehead atoms. The molecule has 1 atom stereocenters. The number of rotatable bonds is 5. The van der Waals surface area contributed by atoms with Crippen LogP contribution in [0, 0.1) is 0 Å². The van der Waals surface area contributed by atoms with Gasteiger partial charge in [0.15, 0.2) is 0 Å². The molecule has 0 heterocycles. The van der Waals surface area contributed by atoms with Gasteiger partial charge in [0.05, 0.1) is 0 Å². The lowest BCUT2D eigenvalue weighted by molar-refractivity contribution is 0.287. The summed E-state index contributed by atoms with van der Waals surface area (Å²) in [6, 6.07) is 14.9. The second-order valence-electron chi connectivity index (χ2n) is 4.36. The van der Waals surface area contributed by atoms with Crippen LogP contribution in [-0.4, -0.2) is 12.6 Å². The van der Waals surface area contributed by atoms with Crippen molar-refractivity contribution >= 4 is 23.2 Å². The molecule has 0 aliphatic heterocycles. The van der Waals surface area contributed by atoms with Crippen molar-refractivity contribution in [2.45, 2.75) is 12.5 Å². The van der Waals surface area contributed by atoms with Crippen LogP contribution in [-0.2, 0) is 6.42 Å². The molecular weight excluding hydrogens is 281 g/mol. The topological polar surface area (TPSA) is 35.2 Å². The number of halogens is 2. The zero-order valence-corrected chi connectivity index (χ0v) is 11.9. The third-order valence-corrected chi connectivity index (χ3v) is 3.12. The highest BCUT2D eigenvalue weighted by molar-refractivity contribution is 6.30. The van der Waals surface area contributed by atoms with Gasteiger partial charge >= 0.3 is 0 Å². The summed E-state index contributed by atoms with van der Waals surface area (Å²) in [6.45, 7) is 0.437. The van der Waals surface area contributed by atoms with Gasteiger partial charge in [-0.05, 0) is 42.3 Å². The van der Waals surface area contributed by atoms with E-state index >= 15 is 0 Å². The second-order valence-corrected chi connectivity index (χ2v) is 5.24. The van der Waals surface area contributed by atoms with Gasteiger partial charge < -0.3 is 10.5 Å². The van der Waals surface area contributed by atoms with E-state index in [-0.39, 0.29) is 6.04 Å². The van der Waals surface area contributed by atoms with Crippen molar-refractivity contribution in [3.05, 3.63) is 64.1 Å². The lowest BCUT2D eigenvalue weighted by Gasteiger charge is -2.13. The zero-order chi connectivity index (χ0) is 13.7. The van der Waals surface area contributed by atoms with E-state index in [1.165, 1.54) is 0 Å².